The molecule has 3 heterocycles. The fourth-order valence-corrected chi connectivity index (χ4v) is 3.97. The van der Waals surface area contributed by atoms with Crippen molar-refractivity contribution in [1.29, 1.82) is 5.26 Å². The van der Waals surface area contributed by atoms with E-state index in [0.717, 1.165) is 5.69 Å². The summed E-state index contributed by atoms with van der Waals surface area (Å²) < 4.78 is 31.0. The minimum absolute atomic E-state index is 0.0688. The average Bonchev–Trinajstić information content (AvgIpc) is 3.30. The van der Waals surface area contributed by atoms with E-state index in [1.807, 2.05) is 11.9 Å². The summed E-state index contributed by atoms with van der Waals surface area (Å²) >= 11 is 0. The number of pyridine rings is 1. The van der Waals surface area contributed by atoms with Gasteiger partial charge in [-0.3, -0.25) is 4.79 Å². The monoisotopic (exact) mass is 482 g/mol. The molecule has 0 unspecified atom stereocenters. The van der Waals surface area contributed by atoms with Crippen molar-refractivity contribution in [1.82, 2.24) is 14.9 Å². The zero-order valence-electron chi connectivity index (χ0n) is 19.9. The maximum absolute atomic E-state index is 15.1. The van der Waals surface area contributed by atoms with Gasteiger partial charge in [-0.25, -0.2) is 9.37 Å². The molecule has 1 aliphatic rings. The number of benzene rings is 1. The first-order chi connectivity index (χ1) is 17.0. The van der Waals surface area contributed by atoms with Crippen LogP contribution < -0.4 is 15.0 Å². The third-order valence-corrected chi connectivity index (χ3v) is 5.86. The summed E-state index contributed by atoms with van der Waals surface area (Å²) in [7, 11) is 4.96. The van der Waals surface area contributed by atoms with E-state index in [2.05, 4.69) is 21.4 Å². The number of fused-ring (bicyclic) bond motifs is 1. The number of nitrogens with one attached hydrogen (secondary N) is 2. The molecule has 11 heteroatoms. The van der Waals surface area contributed by atoms with E-state index in [1.165, 1.54) is 19.2 Å². The van der Waals surface area contributed by atoms with Gasteiger partial charge in [0.2, 0.25) is 0 Å². The van der Waals surface area contributed by atoms with Gasteiger partial charge in [-0.15, -0.1) is 0 Å². The van der Waals surface area contributed by atoms with Crippen molar-refractivity contribution >= 4 is 34.1 Å². The number of carbonyl (C=O) groups is 1. The molecule has 184 valence electrons. The Kier molecular flexibility index (Phi) is 7.33. The van der Waals surface area contributed by atoms with Crippen LogP contribution in [-0.2, 0) is 9.47 Å². The number of amides is 1. The molecule has 1 aromatic carbocycles. The molecule has 3 aromatic rings. The second-order valence-corrected chi connectivity index (χ2v) is 8.04. The Labute approximate surface area is 202 Å². The lowest BCUT2D eigenvalue weighted by Crippen LogP contribution is -2.41. The van der Waals surface area contributed by atoms with Gasteiger partial charge in [-0.05, 0) is 6.07 Å². The van der Waals surface area contributed by atoms with Crippen LogP contribution in [0.4, 0.5) is 21.6 Å². The van der Waals surface area contributed by atoms with Gasteiger partial charge in [-0.1, -0.05) is 0 Å². The number of hydrogen-bond donors (Lipinski definition) is 2. The fraction of sp³-hybridized carbons (Fsp3) is 0.375. The maximum Gasteiger partial charge on any atom is 0.257 e. The number of rotatable bonds is 8. The standard InChI is InChI=1S/C24H27FN6O4/c1-30(4-7-33-2)19-12-21(29-23-22(19)15(13-26)14-27-23)28-18-11-17(25)16(10-20(18)34-3)24(32)31-5-8-35-9-6-31/h10-12,14H,4-9H2,1-3H3,(H2,27,28,29). The summed E-state index contributed by atoms with van der Waals surface area (Å²) in [5.74, 6) is -0.376. The van der Waals surface area contributed by atoms with E-state index in [9.17, 15) is 10.1 Å². The minimum atomic E-state index is -0.671. The average molecular weight is 483 g/mol. The fourth-order valence-electron chi connectivity index (χ4n) is 3.97. The third-order valence-electron chi connectivity index (χ3n) is 5.86. The van der Waals surface area contributed by atoms with E-state index in [0.29, 0.717) is 73.3 Å². The number of H-pyrrole nitrogens is 1. The van der Waals surface area contributed by atoms with Crippen molar-refractivity contribution in [2.45, 2.75) is 0 Å². The summed E-state index contributed by atoms with van der Waals surface area (Å²) in [5.41, 5.74) is 1.97. The first-order valence-electron chi connectivity index (χ1n) is 11.1. The first-order valence-corrected chi connectivity index (χ1v) is 11.1. The molecule has 1 fully saturated rings. The van der Waals surface area contributed by atoms with Crippen molar-refractivity contribution < 1.29 is 23.4 Å². The highest BCUT2D eigenvalue weighted by Gasteiger charge is 2.24. The van der Waals surface area contributed by atoms with Gasteiger partial charge in [-0.2, -0.15) is 5.26 Å². The largest absolute Gasteiger partial charge is 0.495 e. The lowest BCUT2D eigenvalue weighted by Gasteiger charge is -2.27. The highest BCUT2D eigenvalue weighted by Crippen LogP contribution is 2.35. The van der Waals surface area contributed by atoms with Gasteiger partial charge in [0, 0.05) is 52.1 Å². The zero-order valence-corrected chi connectivity index (χ0v) is 19.9. The van der Waals surface area contributed by atoms with Crippen LogP contribution in [0.1, 0.15) is 15.9 Å². The van der Waals surface area contributed by atoms with Crippen LogP contribution in [0, 0.1) is 17.1 Å². The second-order valence-electron chi connectivity index (χ2n) is 8.04. The topological polar surface area (TPSA) is 116 Å². The highest BCUT2D eigenvalue weighted by molar-refractivity contribution is 5.98. The van der Waals surface area contributed by atoms with Crippen LogP contribution in [0.15, 0.2) is 24.4 Å². The number of methoxy groups -OCH3 is 2. The first kappa shape index (κ1) is 24.3. The van der Waals surface area contributed by atoms with Crippen LogP contribution in [0.5, 0.6) is 5.75 Å². The summed E-state index contributed by atoms with van der Waals surface area (Å²) in [6.45, 7) is 2.74. The van der Waals surface area contributed by atoms with Gasteiger partial charge >= 0.3 is 0 Å². The lowest BCUT2D eigenvalue weighted by molar-refractivity contribution is 0.0299. The SMILES string of the molecule is COCCN(C)c1cc(Nc2cc(F)c(C(=O)N3CCOCC3)cc2OC)nc2[nH]cc(C#N)c12. The molecular weight excluding hydrogens is 455 g/mol. The Balaban J connectivity index is 1.69. The number of hydrogen-bond acceptors (Lipinski definition) is 8. The number of aromatic nitrogens is 2. The Bertz CT molecular complexity index is 1270. The summed E-state index contributed by atoms with van der Waals surface area (Å²) in [5, 5.41) is 13.3. The van der Waals surface area contributed by atoms with Crippen LogP contribution in [0.3, 0.4) is 0 Å². The number of aromatic amines is 1. The number of ether oxygens (including phenoxy) is 3. The molecule has 1 aliphatic heterocycles. The third kappa shape index (κ3) is 4.99. The molecular formula is C24H27FN6O4. The van der Waals surface area contributed by atoms with Crippen molar-refractivity contribution in [3.63, 3.8) is 0 Å². The molecule has 4 rings (SSSR count). The number of morpholine rings is 1. The minimum Gasteiger partial charge on any atom is -0.495 e. The molecule has 35 heavy (non-hydrogen) atoms. The molecule has 2 aromatic heterocycles. The molecule has 0 bridgehead atoms. The molecule has 0 spiro atoms. The maximum atomic E-state index is 15.1. The molecule has 1 saturated heterocycles. The van der Waals surface area contributed by atoms with E-state index in [-0.39, 0.29) is 5.56 Å². The van der Waals surface area contributed by atoms with E-state index >= 15 is 4.39 Å². The summed E-state index contributed by atoms with van der Waals surface area (Å²) in [6, 6.07) is 6.57. The van der Waals surface area contributed by atoms with Crippen LogP contribution >= 0.6 is 0 Å². The number of nitrogens with zero attached hydrogens (tertiary/aromatic N) is 4. The molecule has 10 nitrogen and oxygen atoms in total. The summed E-state index contributed by atoms with van der Waals surface area (Å²) in [4.78, 5) is 23.9. The van der Waals surface area contributed by atoms with E-state index in [4.69, 9.17) is 14.2 Å². The number of carbonyl (C=O) groups excluding carboxylic acids is 1. The quantitative estimate of drug-likeness (QED) is 0.504. The van der Waals surface area contributed by atoms with Gasteiger partial charge in [0.05, 0.1) is 54.8 Å². The molecule has 0 atom stereocenters. The molecule has 1 amide bonds. The normalized spacial score (nSPS) is 13.5. The molecule has 2 N–H and O–H groups in total. The molecule has 0 radical (unpaired) electrons. The highest BCUT2D eigenvalue weighted by atomic mass is 19.1. The smallest absolute Gasteiger partial charge is 0.257 e. The van der Waals surface area contributed by atoms with Crippen LogP contribution in [0.2, 0.25) is 0 Å². The van der Waals surface area contributed by atoms with Crippen LogP contribution in [-0.4, -0.2) is 81.5 Å². The van der Waals surface area contributed by atoms with E-state index in [1.54, 1.807) is 24.3 Å². The summed E-state index contributed by atoms with van der Waals surface area (Å²) in [6.07, 6.45) is 1.60. The predicted molar refractivity (Wildman–Crippen MR) is 129 cm³/mol. The number of anilines is 3. The van der Waals surface area contributed by atoms with Crippen molar-refractivity contribution in [3.05, 3.63) is 41.3 Å². The van der Waals surface area contributed by atoms with Crippen molar-refractivity contribution in [3.8, 4) is 11.8 Å². The molecule has 0 saturated carbocycles. The Morgan fingerprint density at radius 1 is 1.34 bits per heavy atom. The van der Waals surface area contributed by atoms with Gasteiger partial charge in [0.15, 0.2) is 0 Å². The van der Waals surface area contributed by atoms with Crippen molar-refractivity contribution in [2.24, 2.45) is 0 Å². The number of likely N-dealkylation sites (N-methyl/N-ethyl adjacent to an activating group) is 1. The van der Waals surface area contributed by atoms with Crippen molar-refractivity contribution in [2.75, 3.05) is 70.9 Å². The van der Waals surface area contributed by atoms with Gasteiger partial charge in [0.25, 0.3) is 5.91 Å². The van der Waals surface area contributed by atoms with Crippen LogP contribution in [0.25, 0.3) is 11.0 Å². The Hall–Kier alpha value is -3.88. The Morgan fingerprint density at radius 3 is 2.80 bits per heavy atom. The Morgan fingerprint density at radius 2 is 2.11 bits per heavy atom. The number of halogens is 1. The van der Waals surface area contributed by atoms with Gasteiger partial charge < -0.3 is 34.3 Å². The van der Waals surface area contributed by atoms with E-state index < -0.39 is 11.7 Å². The number of nitriles is 1. The van der Waals surface area contributed by atoms with Gasteiger partial charge in [0.1, 0.15) is 29.1 Å². The zero-order chi connectivity index (χ0) is 24.9. The second kappa shape index (κ2) is 10.6. The predicted octanol–water partition coefficient (Wildman–Crippen LogP) is 2.88. The lowest BCUT2D eigenvalue weighted by atomic mass is 10.1. The molecule has 0 aliphatic carbocycles.